The number of nitrogens with zero attached hydrogens (tertiary/aromatic N) is 3. The number of thiazole rings is 1. The molecule has 138 valence electrons. The number of hydrogen-bond donors (Lipinski definition) is 1. The molecule has 0 aliphatic heterocycles. The molecule has 0 radical (unpaired) electrons. The van der Waals surface area contributed by atoms with Crippen LogP contribution >= 0.6 is 22.9 Å². The molecule has 3 aromatic rings. The molecule has 0 saturated carbocycles. The fourth-order valence-corrected chi connectivity index (χ4v) is 3.40. The molecule has 2 heterocycles. The molecule has 1 unspecified atom stereocenters. The molecule has 0 fully saturated rings. The molecule has 0 bridgehead atoms. The number of benzene rings is 1. The number of hydrogen-bond acceptors (Lipinski definition) is 7. The lowest BCUT2D eigenvalue weighted by atomic mass is 10.2. The smallest absolute Gasteiger partial charge is 0.238 e. The van der Waals surface area contributed by atoms with Gasteiger partial charge in [0.25, 0.3) is 0 Å². The van der Waals surface area contributed by atoms with Gasteiger partial charge in [-0.3, -0.25) is 0 Å². The van der Waals surface area contributed by atoms with Gasteiger partial charge in [0.15, 0.2) is 0 Å². The Kier molecular flexibility index (Phi) is 5.90. The van der Waals surface area contributed by atoms with Gasteiger partial charge >= 0.3 is 0 Å². The molecule has 1 N–H and O–H groups in total. The fourth-order valence-electron chi connectivity index (χ4n) is 2.12. The number of likely N-dealkylation sites (N-methyl/N-ethyl adjacent to an activating group) is 1. The maximum atomic E-state index is 6.48. The van der Waals surface area contributed by atoms with Gasteiger partial charge in [0.05, 0.1) is 22.1 Å². The zero-order valence-electron chi connectivity index (χ0n) is 15.1. The zero-order valence-corrected chi connectivity index (χ0v) is 16.7. The third kappa shape index (κ3) is 4.23. The lowest BCUT2D eigenvalue weighted by Gasteiger charge is -2.11. The van der Waals surface area contributed by atoms with Gasteiger partial charge in [-0.2, -0.15) is 0 Å². The largest absolute Gasteiger partial charge is 0.475 e. The molecule has 0 aliphatic rings. The second-order valence-electron chi connectivity index (χ2n) is 6.23. The van der Waals surface area contributed by atoms with Crippen molar-refractivity contribution in [1.29, 1.82) is 0 Å². The SMILES string of the molecule is CNC(C)COc1cnc(Oc2ccc3sc(C(C)C)nc3c2Cl)cn1. The minimum absolute atomic E-state index is 0.229. The quantitative estimate of drug-likeness (QED) is 0.631. The van der Waals surface area contributed by atoms with Gasteiger partial charge in [0.1, 0.15) is 22.9 Å². The molecule has 2 aromatic heterocycles. The standard InChI is InChI=1S/C18H21ClN4O2S/c1-10(2)18-23-17-13(26-18)6-5-12(16(17)19)25-15-8-21-14(7-22-15)24-9-11(3)20-4/h5-8,10-11,20H,9H2,1-4H3. The fraction of sp³-hybridized carbons (Fsp3) is 0.389. The van der Waals surface area contributed by atoms with Crippen LogP contribution in [0.1, 0.15) is 31.7 Å². The van der Waals surface area contributed by atoms with Crippen molar-refractivity contribution in [2.24, 2.45) is 0 Å². The van der Waals surface area contributed by atoms with Gasteiger partial charge in [-0.15, -0.1) is 11.3 Å². The van der Waals surface area contributed by atoms with Crippen molar-refractivity contribution < 1.29 is 9.47 Å². The van der Waals surface area contributed by atoms with E-state index in [0.717, 1.165) is 15.2 Å². The molecule has 8 heteroatoms. The van der Waals surface area contributed by atoms with E-state index in [9.17, 15) is 0 Å². The molecule has 0 amide bonds. The first-order chi connectivity index (χ1) is 12.5. The van der Waals surface area contributed by atoms with E-state index in [1.54, 1.807) is 11.3 Å². The number of halogens is 1. The third-order valence-corrected chi connectivity index (χ3v) is 5.45. The molecule has 6 nitrogen and oxygen atoms in total. The monoisotopic (exact) mass is 392 g/mol. The predicted molar refractivity (Wildman–Crippen MR) is 105 cm³/mol. The van der Waals surface area contributed by atoms with E-state index in [1.165, 1.54) is 12.4 Å². The molecule has 0 aliphatic carbocycles. The van der Waals surface area contributed by atoms with E-state index in [0.29, 0.717) is 35.1 Å². The van der Waals surface area contributed by atoms with Crippen LogP contribution in [0, 0.1) is 0 Å². The van der Waals surface area contributed by atoms with E-state index in [2.05, 4.69) is 34.1 Å². The second-order valence-corrected chi connectivity index (χ2v) is 7.67. The highest BCUT2D eigenvalue weighted by atomic mass is 35.5. The zero-order chi connectivity index (χ0) is 18.7. The lowest BCUT2D eigenvalue weighted by Crippen LogP contribution is -2.28. The first kappa shape index (κ1) is 18.8. The van der Waals surface area contributed by atoms with Crippen LogP contribution in [0.5, 0.6) is 17.5 Å². The molecule has 26 heavy (non-hydrogen) atoms. The van der Waals surface area contributed by atoms with Crippen LogP contribution in [0.3, 0.4) is 0 Å². The van der Waals surface area contributed by atoms with E-state index >= 15 is 0 Å². The molecular weight excluding hydrogens is 372 g/mol. The van der Waals surface area contributed by atoms with Crippen molar-refractivity contribution in [3.63, 3.8) is 0 Å². The van der Waals surface area contributed by atoms with Gasteiger partial charge in [0.2, 0.25) is 11.8 Å². The highest BCUT2D eigenvalue weighted by Crippen LogP contribution is 2.38. The Morgan fingerprint density at radius 3 is 2.54 bits per heavy atom. The number of fused-ring (bicyclic) bond motifs is 1. The van der Waals surface area contributed by atoms with Crippen molar-refractivity contribution >= 4 is 33.2 Å². The molecule has 0 spiro atoms. The van der Waals surface area contributed by atoms with E-state index in [1.807, 2.05) is 26.1 Å². The third-order valence-electron chi connectivity index (χ3n) is 3.77. The Morgan fingerprint density at radius 1 is 1.15 bits per heavy atom. The van der Waals surface area contributed by atoms with Crippen molar-refractivity contribution in [3.05, 3.63) is 34.6 Å². The highest BCUT2D eigenvalue weighted by Gasteiger charge is 2.15. The summed E-state index contributed by atoms with van der Waals surface area (Å²) in [6.07, 6.45) is 3.05. The molecular formula is C18H21ClN4O2S. The van der Waals surface area contributed by atoms with Crippen LogP contribution in [-0.4, -0.2) is 34.6 Å². The second kappa shape index (κ2) is 8.16. The van der Waals surface area contributed by atoms with E-state index in [-0.39, 0.29) is 6.04 Å². The summed E-state index contributed by atoms with van der Waals surface area (Å²) in [4.78, 5) is 13.1. The molecule has 1 atom stereocenters. The first-order valence-electron chi connectivity index (χ1n) is 8.36. The predicted octanol–water partition coefficient (Wildman–Crippen LogP) is 4.64. The summed E-state index contributed by atoms with van der Waals surface area (Å²) in [5, 5.41) is 4.63. The van der Waals surface area contributed by atoms with Crippen LogP contribution in [0.4, 0.5) is 0 Å². The van der Waals surface area contributed by atoms with Crippen molar-refractivity contribution in [2.75, 3.05) is 13.7 Å². The summed E-state index contributed by atoms with van der Waals surface area (Å²) in [7, 11) is 1.88. The van der Waals surface area contributed by atoms with Gasteiger partial charge in [0, 0.05) is 12.0 Å². The first-order valence-corrected chi connectivity index (χ1v) is 9.56. The Bertz CT molecular complexity index is 883. The highest BCUT2D eigenvalue weighted by molar-refractivity contribution is 7.18. The number of nitrogens with one attached hydrogen (secondary N) is 1. The summed E-state index contributed by atoms with van der Waals surface area (Å²) < 4.78 is 12.4. The number of ether oxygens (including phenoxy) is 2. The molecule has 0 saturated heterocycles. The summed E-state index contributed by atoms with van der Waals surface area (Å²) in [5.41, 5.74) is 0.756. The summed E-state index contributed by atoms with van der Waals surface area (Å²) in [5.74, 6) is 1.66. The number of aromatic nitrogens is 3. The van der Waals surface area contributed by atoms with Gasteiger partial charge in [-0.25, -0.2) is 15.0 Å². The van der Waals surface area contributed by atoms with Crippen LogP contribution in [0.25, 0.3) is 10.2 Å². The topological polar surface area (TPSA) is 69.2 Å². The van der Waals surface area contributed by atoms with E-state index < -0.39 is 0 Å². The van der Waals surface area contributed by atoms with Crippen molar-refractivity contribution in [3.8, 4) is 17.5 Å². The van der Waals surface area contributed by atoms with Gasteiger partial charge in [-0.1, -0.05) is 25.4 Å². The van der Waals surface area contributed by atoms with Crippen molar-refractivity contribution in [1.82, 2.24) is 20.3 Å². The number of rotatable bonds is 7. The van der Waals surface area contributed by atoms with Crippen LogP contribution in [0.15, 0.2) is 24.5 Å². The molecule has 3 rings (SSSR count). The van der Waals surface area contributed by atoms with Gasteiger partial charge < -0.3 is 14.8 Å². The van der Waals surface area contributed by atoms with Crippen molar-refractivity contribution in [2.45, 2.75) is 32.7 Å². The summed E-state index contributed by atoms with van der Waals surface area (Å²) >= 11 is 8.13. The Labute approximate surface area is 161 Å². The van der Waals surface area contributed by atoms with Gasteiger partial charge in [-0.05, 0) is 26.1 Å². The normalized spacial score (nSPS) is 12.5. The minimum Gasteiger partial charge on any atom is -0.475 e. The molecule has 1 aromatic carbocycles. The minimum atomic E-state index is 0.229. The van der Waals surface area contributed by atoms with Crippen LogP contribution in [0.2, 0.25) is 5.02 Å². The maximum absolute atomic E-state index is 6.48. The Balaban J connectivity index is 1.75. The van der Waals surface area contributed by atoms with Crippen LogP contribution < -0.4 is 14.8 Å². The maximum Gasteiger partial charge on any atom is 0.238 e. The average molecular weight is 393 g/mol. The Hall–Kier alpha value is -1.96. The summed E-state index contributed by atoms with van der Waals surface area (Å²) in [6, 6.07) is 4.02. The van der Waals surface area contributed by atoms with E-state index in [4.69, 9.17) is 21.1 Å². The lowest BCUT2D eigenvalue weighted by molar-refractivity contribution is 0.268. The average Bonchev–Trinajstić information content (AvgIpc) is 3.08. The summed E-state index contributed by atoms with van der Waals surface area (Å²) in [6.45, 7) is 6.75. The van der Waals surface area contributed by atoms with Crippen LogP contribution in [-0.2, 0) is 0 Å². The Morgan fingerprint density at radius 2 is 1.88 bits per heavy atom.